The van der Waals surface area contributed by atoms with Gasteiger partial charge in [-0.25, -0.2) is 19.3 Å². The van der Waals surface area contributed by atoms with Crippen LogP contribution in [0, 0.1) is 19.7 Å². The van der Waals surface area contributed by atoms with E-state index in [0.717, 1.165) is 27.8 Å². The van der Waals surface area contributed by atoms with Gasteiger partial charge in [-0.3, -0.25) is 9.69 Å². The molecule has 0 saturated heterocycles. The van der Waals surface area contributed by atoms with Gasteiger partial charge < -0.3 is 14.0 Å². The Morgan fingerprint density at radius 1 is 0.950 bits per heavy atom. The Labute approximate surface area is 231 Å². The largest absolute Gasteiger partial charge is 0.493 e. The summed E-state index contributed by atoms with van der Waals surface area (Å²) < 4.78 is 27.0. The molecule has 0 atom stereocenters. The molecule has 0 aliphatic carbocycles. The number of imidazole rings is 1. The van der Waals surface area contributed by atoms with Crippen molar-refractivity contribution in [3.63, 3.8) is 0 Å². The molecule has 6 rings (SSSR count). The van der Waals surface area contributed by atoms with Gasteiger partial charge in [0.1, 0.15) is 17.5 Å². The minimum atomic E-state index is -0.287. The van der Waals surface area contributed by atoms with Gasteiger partial charge >= 0.3 is 0 Å². The maximum atomic E-state index is 14.3. The number of halogens is 1. The number of nitrogens with zero attached hydrogens (tertiary/aromatic N) is 5. The summed E-state index contributed by atoms with van der Waals surface area (Å²) in [5.74, 6) is 1.72. The summed E-state index contributed by atoms with van der Waals surface area (Å²) in [5.41, 5.74) is 5.82. The van der Waals surface area contributed by atoms with Gasteiger partial charge in [0, 0.05) is 42.5 Å². The first-order chi connectivity index (χ1) is 19.4. The zero-order chi connectivity index (χ0) is 28.0. The Morgan fingerprint density at radius 3 is 2.45 bits per heavy atom. The molecule has 0 unspecified atom stereocenters. The predicted molar refractivity (Wildman–Crippen MR) is 151 cm³/mol. The first-order valence-electron chi connectivity index (χ1n) is 13.0. The molecule has 202 valence electrons. The van der Waals surface area contributed by atoms with Gasteiger partial charge in [0.25, 0.3) is 5.91 Å². The number of aromatic nitrogens is 4. The Bertz CT molecular complexity index is 1770. The number of anilines is 1. The number of ether oxygens (including phenoxy) is 2. The molecule has 1 amide bonds. The zero-order valence-corrected chi connectivity index (χ0v) is 22.7. The minimum absolute atomic E-state index is 0.149. The normalized spacial score (nSPS) is 13.0. The highest BCUT2D eigenvalue weighted by molar-refractivity contribution is 6.12. The van der Waals surface area contributed by atoms with E-state index in [4.69, 9.17) is 14.5 Å². The van der Waals surface area contributed by atoms with Crippen molar-refractivity contribution in [1.82, 2.24) is 19.5 Å². The monoisotopic (exact) mass is 537 g/mol. The Hall–Kier alpha value is -4.79. The quantitative estimate of drug-likeness (QED) is 0.284. The van der Waals surface area contributed by atoms with Crippen LogP contribution in [0.4, 0.5) is 10.2 Å². The fraction of sp³-hybridized carbons (Fsp3) is 0.226. The highest BCUT2D eigenvalue weighted by Gasteiger charge is 2.31. The van der Waals surface area contributed by atoms with E-state index in [9.17, 15) is 9.18 Å². The number of rotatable bonds is 6. The Balaban J connectivity index is 1.51. The highest BCUT2D eigenvalue weighted by atomic mass is 19.1. The molecule has 5 aromatic rings. The molecule has 0 spiro atoms. The molecule has 2 aromatic heterocycles. The number of fused-ring (bicyclic) bond motifs is 2. The molecular formula is C31H28FN5O3. The lowest BCUT2D eigenvalue weighted by atomic mass is 9.86. The topological polar surface area (TPSA) is 82.4 Å². The maximum absolute atomic E-state index is 14.3. The van der Waals surface area contributed by atoms with E-state index < -0.39 is 0 Å². The van der Waals surface area contributed by atoms with Crippen LogP contribution >= 0.6 is 0 Å². The molecule has 3 heterocycles. The Kier molecular flexibility index (Phi) is 6.42. The van der Waals surface area contributed by atoms with Crippen molar-refractivity contribution in [2.24, 2.45) is 0 Å². The second kappa shape index (κ2) is 10.1. The van der Waals surface area contributed by atoms with Crippen molar-refractivity contribution in [3.05, 3.63) is 95.1 Å². The van der Waals surface area contributed by atoms with E-state index in [-0.39, 0.29) is 11.7 Å². The second-order valence-electron chi connectivity index (χ2n) is 9.89. The van der Waals surface area contributed by atoms with Gasteiger partial charge in [-0.15, -0.1) is 0 Å². The summed E-state index contributed by atoms with van der Waals surface area (Å²) in [6, 6.07) is 12.4. The summed E-state index contributed by atoms with van der Waals surface area (Å²) in [7, 11) is 3.15. The van der Waals surface area contributed by atoms with Crippen LogP contribution in [-0.2, 0) is 13.0 Å². The lowest BCUT2D eigenvalue weighted by molar-refractivity contribution is 0.0980. The number of carbonyl (C=O) groups is 1. The van der Waals surface area contributed by atoms with Crippen LogP contribution in [0.25, 0.3) is 22.0 Å². The molecule has 0 N–H and O–H groups in total. The number of methoxy groups -OCH3 is 2. The summed E-state index contributed by atoms with van der Waals surface area (Å²) in [5, 5.41) is 0.698. The van der Waals surface area contributed by atoms with Crippen LogP contribution in [0.1, 0.15) is 32.9 Å². The van der Waals surface area contributed by atoms with E-state index in [1.807, 2.05) is 29.8 Å². The lowest BCUT2D eigenvalue weighted by Crippen LogP contribution is -2.39. The highest BCUT2D eigenvalue weighted by Crippen LogP contribution is 2.39. The summed E-state index contributed by atoms with van der Waals surface area (Å²) in [6.45, 7) is 4.67. The van der Waals surface area contributed by atoms with Gasteiger partial charge in [0.15, 0.2) is 11.5 Å². The van der Waals surface area contributed by atoms with Crippen LogP contribution in [0.2, 0.25) is 0 Å². The number of aryl methyl sites for hydroxylation is 2. The van der Waals surface area contributed by atoms with Crippen molar-refractivity contribution < 1.29 is 18.7 Å². The van der Waals surface area contributed by atoms with E-state index >= 15 is 0 Å². The average molecular weight is 538 g/mol. The predicted octanol–water partition coefficient (Wildman–Crippen LogP) is 5.52. The van der Waals surface area contributed by atoms with Gasteiger partial charge in [0.2, 0.25) is 0 Å². The van der Waals surface area contributed by atoms with Crippen molar-refractivity contribution >= 4 is 22.6 Å². The number of amides is 1. The minimum Gasteiger partial charge on any atom is -0.493 e. The molecule has 1 aliphatic heterocycles. The second-order valence-corrected chi connectivity index (χ2v) is 9.89. The molecule has 9 heteroatoms. The SMILES string of the molecule is COc1cc2nc(C)nc(N3CCc4c(cc(Cn5ccnc5)cc4-c4ccc(F)cc4C)C3=O)c2cc1OC. The number of benzene rings is 3. The van der Waals surface area contributed by atoms with Crippen LogP contribution in [0.5, 0.6) is 11.5 Å². The molecule has 0 saturated carbocycles. The van der Waals surface area contributed by atoms with Crippen molar-refractivity contribution in [2.75, 3.05) is 25.7 Å². The van der Waals surface area contributed by atoms with Crippen molar-refractivity contribution in [2.45, 2.75) is 26.8 Å². The molecule has 0 bridgehead atoms. The van der Waals surface area contributed by atoms with E-state index in [2.05, 4.69) is 16.0 Å². The molecule has 1 aliphatic rings. The average Bonchev–Trinajstić information content (AvgIpc) is 3.45. The summed E-state index contributed by atoms with van der Waals surface area (Å²) >= 11 is 0. The summed E-state index contributed by atoms with van der Waals surface area (Å²) in [6.07, 6.45) is 5.96. The van der Waals surface area contributed by atoms with Gasteiger partial charge in [0.05, 0.1) is 26.1 Å². The van der Waals surface area contributed by atoms with Crippen LogP contribution < -0.4 is 14.4 Å². The first-order valence-corrected chi connectivity index (χ1v) is 13.0. The molecule has 0 fully saturated rings. The lowest BCUT2D eigenvalue weighted by Gasteiger charge is -2.31. The smallest absolute Gasteiger partial charge is 0.259 e. The third-order valence-electron chi connectivity index (χ3n) is 7.32. The van der Waals surface area contributed by atoms with E-state index in [1.165, 1.54) is 12.1 Å². The van der Waals surface area contributed by atoms with Crippen LogP contribution in [-0.4, -0.2) is 46.2 Å². The van der Waals surface area contributed by atoms with Crippen molar-refractivity contribution in [3.8, 4) is 22.6 Å². The molecular weight excluding hydrogens is 509 g/mol. The van der Waals surface area contributed by atoms with Gasteiger partial charge in [-0.1, -0.05) is 6.07 Å². The molecule has 3 aromatic carbocycles. The zero-order valence-electron chi connectivity index (χ0n) is 22.7. The summed E-state index contributed by atoms with van der Waals surface area (Å²) in [4.78, 5) is 29.4. The molecule has 8 nitrogen and oxygen atoms in total. The third kappa shape index (κ3) is 4.43. The fourth-order valence-electron chi connectivity index (χ4n) is 5.47. The molecule has 0 radical (unpaired) electrons. The number of hydrogen-bond acceptors (Lipinski definition) is 6. The van der Waals surface area contributed by atoms with Gasteiger partial charge in [-0.05, 0) is 78.4 Å². The van der Waals surface area contributed by atoms with Crippen LogP contribution in [0.3, 0.4) is 0 Å². The number of carbonyl (C=O) groups excluding carboxylic acids is 1. The third-order valence-corrected chi connectivity index (χ3v) is 7.32. The van der Waals surface area contributed by atoms with E-state index in [0.29, 0.717) is 59.1 Å². The molecule has 40 heavy (non-hydrogen) atoms. The number of hydrogen-bond donors (Lipinski definition) is 0. The maximum Gasteiger partial charge on any atom is 0.259 e. The Morgan fingerprint density at radius 2 is 1.73 bits per heavy atom. The standard InChI is InChI=1S/C31H28FN5O3/c1-18-11-21(32)5-6-22(18)24-12-20(16-36-10-8-33-17-36)13-25-23(24)7-9-37(31(25)38)30-26-14-28(39-3)29(40-4)15-27(26)34-19(2)35-30/h5-6,8,10-15,17H,7,9,16H2,1-4H3. The fourth-order valence-corrected chi connectivity index (χ4v) is 5.47. The van der Waals surface area contributed by atoms with Crippen molar-refractivity contribution in [1.29, 1.82) is 0 Å². The first kappa shape index (κ1) is 25.5. The van der Waals surface area contributed by atoms with Gasteiger partial charge in [-0.2, -0.15) is 0 Å². The van der Waals surface area contributed by atoms with Crippen LogP contribution in [0.15, 0.2) is 61.2 Å². The van der Waals surface area contributed by atoms with E-state index in [1.54, 1.807) is 50.7 Å².